The SMILES string of the molecule is CC(C)CN(C[C@@H](O)[C@H](Cc1ccc(OCCN)cc1)NC(=O)OC1COC2OCCC12)S(=O)(=O)c1ccc2c(c1)OCO2. The van der Waals surface area contributed by atoms with E-state index in [4.69, 9.17) is 34.2 Å². The number of benzene rings is 2. The van der Waals surface area contributed by atoms with E-state index in [1.807, 2.05) is 26.0 Å². The lowest BCUT2D eigenvalue weighted by Crippen LogP contribution is -2.51. The molecular weight excluding hydrogens is 594 g/mol. The van der Waals surface area contributed by atoms with Gasteiger partial charge in [-0.15, -0.1) is 0 Å². The number of ether oxygens (including phenoxy) is 6. The number of alkyl carbamates (subject to hydrolysis) is 1. The van der Waals surface area contributed by atoms with Gasteiger partial charge in [0.05, 0.1) is 36.2 Å². The number of hydrogen-bond donors (Lipinski definition) is 3. The fourth-order valence-electron chi connectivity index (χ4n) is 5.51. The van der Waals surface area contributed by atoms with Crippen LogP contribution in [0.15, 0.2) is 47.4 Å². The molecule has 5 rings (SSSR count). The number of nitrogens with zero attached hydrogens (tertiary/aromatic N) is 1. The average Bonchev–Trinajstić information content (AvgIpc) is 3.74. The van der Waals surface area contributed by atoms with Crippen molar-refractivity contribution < 1.29 is 46.7 Å². The summed E-state index contributed by atoms with van der Waals surface area (Å²) in [6.07, 6.45) is -1.98. The molecule has 13 nitrogen and oxygen atoms in total. The van der Waals surface area contributed by atoms with E-state index in [2.05, 4.69) is 5.32 Å². The fraction of sp³-hybridized carbons (Fsp3) is 0.567. The molecular formula is C30H41N3O10S. The van der Waals surface area contributed by atoms with Crippen molar-refractivity contribution in [1.82, 2.24) is 9.62 Å². The van der Waals surface area contributed by atoms with Crippen LogP contribution in [-0.4, -0.2) is 94.7 Å². The normalized spacial score (nSPS) is 22.2. The van der Waals surface area contributed by atoms with Crippen LogP contribution in [-0.2, 0) is 30.7 Å². The third-order valence-corrected chi connectivity index (χ3v) is 9.55. The van der Waals surface area contributed by atoms with Crippen molar-refractivity contribution in [2.75, 3.05) is 46.2 Å². The topological polar surface area (TPSA) is 168 Å². The molecule has 0 aromatic heterocycles. The van der Waals surface area contributed by atoms with E-state index in [9.17, 15) is 18.3 Å². The van der Waals surface area contributed by atoms with Crippen LogP contribution in [0.25, 0.3) is 0 Å². The number of rotatable bonds is 14. The zero-order chi connectivity index (χ0) is 31.3. The number of amides is 1. The monoisotopic (exact) mass is 635 g/mol. The number of aliphatic hydroxyl groups excluding tert-OH is 1. The number of fused-ring (bicyclic) bond motifs is 2. The summed E-state index contributed by atoms with van der Waals surface area (Å²) in [7, 11) is -4.05. The van der Waals surface area contributed by atoms with Gasteiger partial charge in [0.25, 0.3) is 0 Å². The first-order valence-electron chi connectivity index (χ1n) is 14.8. The molecule has 3 aliphatic heterocycles. The van der Waals surface area contributed by atoms with Gasteiger partial charge in [-0.2, -0.15) is 4.31 Å². The molecule has 3 aliphatic rings. The third-order valence-electron chi connectivity index (χ3n) is 7.72. The Bertz CT molecular complexity index is 1370. The number of sulfonamides is 1. The van der Waals surface area contributed by atoms with Crippen LogP contribution in [0.2, 0.25) is 0 Å². The van der Waals surface area contributed by atoms with Gasteiger partial charge in [-0.3, -0.25) is 0 Å². The highest BCUT2D eigenvalue weighted by atomic mass is 32.2. The summed E-state index contributed by atoms with van der Waals surface area (Å²) < 4.78 is 62.0. The highest BCUT2D eigenvalue weighted by molar-refractivity contribution is 7.89. The van der Waals surface area contributed by atoms with Crippen molar-refractivity contribution >= 4 is 16.1 Å². The highest BCUT2D eigenvalue weighted by Gasteiger charge is 2.44. The number of nitrogens with one attached hydrogen (secondary N) is 1. The molecule has 3 heterocycles. The van der Waals surface area contributed by atoms with Crippen molar-refractivity contribution in [2.45, 2.75) is 56.1 Å². The molecule has 14 heteroatoms. The Labute approximate surface area is 257 Å². The van der Waals surface area contributed by atoms with E-state index < -0.39 is 34.4 Å². The number of nitrogens with two attached hydrogens (primary N) is 1. The molecule has 0 aliphatic carbocycles. The van der Waals surface area contributed by atoms with E-state index >= 15 is 0 Å². The molecule has 0 spiro atoms. The van der Waals surface area contributed by atoms with Gasteiger partial charge in [0.2, 0.25) is 16.8 Å². The van der Waals surface area contributed by atoms with Gasteiger partial charge in [-0.25, -0.2) is 13.2 Å². The Morgan fingerprint density at radius 2 is 1.89 bits per heavy atom. The number of carbonyl (C=O) groups is 1. The molecule has 2 saturated heterocycles. The lowest BCUT2D eigenvalue weighted by molar-refractivity contribution is -0.0907. The Morgan fingerprint density at radius 1 is 1.11 bits per heavy atom. The lowest BCUT2D eigenvalue weighted by Gasteiger charge is -2.31. The van der Waals surface area contributed by atoms with E-state index in [-0.39, 0.29) is 55.9 Å². The van der Waals surface area contributed by atoms with Crippen molar-refractivity contribution in [3.05, 3.63) is 48.0 Å². The Morgan fingerprint density at radius 3 is 2.64 bits per heavy atom. The number of carbonyl (C=O) groups excluding carboxylic acids is 1. The smallest absolute Gasteiger partial charge is 0.407 e. The number of hydrogen-bond acceptors (Lipinski definition) is 11. The Balaban J connectivity index is 1.34. The maximum absolute atomic E-state index is 13.8. The second-order valence-corrected chi connectivity index (χ2v) is 13.4. The van der Waals surface area contributed by atoms with Gasteiger partial charge in [0, 0.05) is 25.7 Å². The summed E-state index contributed by atoms with van der Waals surface area (Å²) in [4.78, 5) is 13.1. The van der Waals surface area contributed by atoms with Crippen LogP contribution in [0.4, 0.5) is 4.79 Å². The van der Waals surface area contributed by atoms with Crippen LogP contribution >= 0.6 is 0 Å². The summed E-state index contributed by atoms with van der Waals surface area (Å²) in [5.74, 6) is 1.33. The second-order valence-electron chi connectivity index (χ2n) is 11.5. The molecule has 0 saturated carbocycles. The molecule has 1 amide bonds. The molecule has 3 unspecified atom stereocenters. The standard InChI is InChI=1S/C30H41N3O10S/c1-19(2)15-33(44(36,37)22-7-8-26-27(14-22)42-18-41-26)16-25(34)24(13-20-3-5-21(6-4-20)38-12-10-31)32-30(35)43-28-17-40-29-23(28)9-11-39-29/h3-8,14,19,23-25,28-29,34H,9-13,15-18,31H2,1-2H3,(H,32,35)/t23?,24-,25+,28?,29?/m0/s1. The van der Waals surface area contributed by atoms with Crippen LogP contribution in [0.1, 0.15) is 25.8 Å². The highest BCUT2D eigenvalue weighted by Crippen LogP contribution is 2.35. The molecule has 0 bridgehead atoms. The molecule has 5 atom stereocenters. The van der Waals surface area contributed by atoms with Crippen LogP contribution < -0.4 is 25.3 Å². The van der Waals surface area contributed by atoms with Gasteiger partial charge in [-0.05, 0) is 48.6 Å². The molecule has 242 valence electrons. The molecule has 44 heavy (non-hydrogen) atoms. The van der Waals surface area contributed by atoms with E-state index in [1.54, 1.807) is 18.2 Å². The van der Waals surface area contributed by atoms with Gasteiger partial charge in [0.15, 0.2) is 17.8 Å². The average molecular weight is 636 g/mol. The predicted octanol–water partition coefficient (Wildman–Crippen LogP) is 1.86. The first-order chi connectivity index (χ1) is 21.1. The van der Waals surface area contributed by atoms with E-state index in [0.29, 0.717) is 37.0 Å². The van der Waals surface area contributed by atoms with Crippen molar-refractivity contribution in [3.8, 4) is 17.2 Å². The van der Waals surface area contributed by atoms with Gasteiger partial charge in [0.1, 0.15) is 18.5 Å². The van der Waals surface area contributed by atoms with Crippen molar-refractivity contribution in [3.63, 3.8) is 0 Å². The lowest BCUT2D eigenvalue weighted by atomic mass is 10.0. The Kier molecular flexibility index (Phi) is 10.5. The van der Waals surface area contributed by atoms with E-state index in [0.717, 1.165) is 12.0 Å². The van der Waals surface area contributed by atoms with Gasteiger partial charge >= 0.3 is 6.09 Å². The predicted molar refractivity (Wildman–Crippen MR) is 158 cm³/mol. The molecule has 2 aromatic rings. The summed E-state index contributed by atoms with van der Waals surface area (Å²) in [6, 6.07) is 10.7. The minimum Gasteiger partial charge on any atom is -0.492 e. The molecule has 2 aromatic carbocycles. The summed E-state index contributed by atoms with van der Waals surface area (Å²) in [5.41, 5.74) is 6.31. The van der Waals surface area contributed by atoms with Crippen LogP contribution in [0.3, 0.4) is 0 Å². The fourth-order valence-corrected chi connectivity index (χ4v) is 7.14. The van der Waals surface area contributed by atoms with Crippen molar-refractivity contribution in [2.24, 2.45) is 17.6 Å². The van der Waals surface area contributed by atoms with Gasteiger partial charge < -0.3 is 44.6 Å². The first-order valence-corrected chi connectivity index (χ1v) is 16.3. The van der Waals surface area contributed by atoms with Crippen LogP contribution in [0.5, 0.6) is 17.2 Å². The maximum Gasteiger partial charge on any atom is 0.407 e. The third kappa shape index (κ3) is 7.73. The first kappa shape index (κ1) is 32.3. The largest absolute Gasteiger partial charge is 0.492 e. The Hall–Kier alpha value is -3.14. The minimum absolute atomic E-state index is 0.0121. The molecule has 0 radical (unpaired) electrons. The van der Waals surface area contributed by atoms with E-state index in [1.165, 1.54) is 16.4 Å². The maximum atomic E-state index is 13.8. The zero-order valence-corrected chi connectivity index (χ0v) is 25.7. The van der Waals surface area contributed by atoms with Gasteiger partial charge in [-0.1, -0.05) is 26.0 Å². The summed E-state index contributed by atoms with van der Waals surface area (Å²) in [5, 5.41) is 14.3. The van der Waals surface area contributed by atoms with Crippen LogP contribution in [0, 0.1) is 11.8 Å². The quantitative estimate of drug-likeness (QED) is 0.277. The number of aliphatic hydroxyl groups is 1. The molecule has 2 fully saturated rings. The zero-order valence-electron chi connectivity index (χ0n) is 24.9. The second kappa shape index (κ2) is 14.3. The minimum atomic E-state index is -4.05. The summed E-state index contributed by atoms with van der Waals surface area (Å²) >= 11 is 0. The molecule has 4 N–H and O–H groups in total. The van der Waals surface area contributed by atoms with Crippen molar-refractivity contribution in [1.29, 1.82) is 0 Å². The summed E-state index contributed by atoms with van der Waals surface area (Å²) in [6.45, 7) is 5.16.